The van der Waals surface area contributed by atoms with E-state index in [4.69, 9.17) is 34.8 Å². The normalized spacial score (nSPS) is 14.7. The van der Waals surface area contributed by atoms with Crippen LogP contribution in [0.1, 0.15) is 51.0 Å². The highest BCUT2D eigenvalue weighted by Gasteiger charge is 2.35. The van der Waals surface area contributed by atoms with E-state index < -0.39 is 28.5 Å². The highest BCUT2D eigenvalue weighted by molar-refractivity contribution is 7.92. The van der Waals surface area contributed by atoms with Crippen LogP contribution in [0.25, 0.3) is 0 Å². The van der Waals surface area contributed by atoms with Gasteiger partial charge in [-0.15, -0.1) is 0 Å². The lowest BCUT2D eigenvalue weighted by molar-refractivity contribution is -0.140. The fourth-order valence-corrected chi connectivity index (χ4v) is 7.39. The molecule has 0 heterocycles. The number of benzene rings is 3. The van der Waals surface area contributed by atoms with Crippen LogP contribution in [0, 0.1) is 0 Å². The van der Waals surface area contributed by atoms with Crippen LogP contribution in [-0.2, 0) is 26.2 Å². The first-order valence-corrected chi connectivity index (χ1v) is 16.5. The van der Waals surface area contributed by atoms with Crippen LogP contribution in [0.3, 0.4) is 0 Å². The SMILES string of the molecule is CC[C@H](C(=O)NC1CCCCC1)N(Cc1ccc(Cl)cc1Cl)C(=O)CN(c1ccccc1Cl)S(=O)(=O)c1ccccc1. The second kappa shape index (κ2) is 14.6. The van der Waals surface area contributed by atoms with Crippen molar-refractivity contribution in [3.05, 3.63) is 93.4 Å². The number of rotatable bonds is 11. The second-order valence-electron chi connectivity index (χ2n) is 10.3. The first-order chi connectivity index (χ1) is 20.1. The van der Waals surface area contributed by atoms with E-state index in [0.29, 0.717) is 22.0 Å². The molecule has 3 aromatic rings. The number of sulfonamides is 1. The molecule has 1 N–H and O–H groups in total. The summed E-state index contributed by atoms with van der Waals surface area (Å²) < 4.78 is 28.8. The quantitative estimate of drug-likeness (QED) is 0.240. The van der Waals surface area contributed by atoms with Gasteiger partial charge < -0.3 is 10.2 Å². The van der Waals surface area contributed by atoms with Gasteiger partial charge in [0.25, 0.3) is 10.0 Å². The number of nitrogens with one attached hydrogen (secondary N) is 1. The molecule has 7 nitrogen and oxygen atoms in total. The van der Waals surface area contributed by atoms with E-state index in [1.165, 1.54) is 17.0 Å². The van der Waals surface area contributed by atoms with Crippen molar-refractivity contribution in [2.24, 2.45) is 0 Å². The van der Waals surface area contributed by atoms with Gasteiger partial charge in [0.15, 0.2) is 0 Å². The zero-order chi connectivity index (χ0) is 30.3. The van der Waals surface area contributed by atoms with Gasteiger partial charge in [-0.25, -0.2) is 8.42 Å². The van der Waals surface area contributed by atoms with Crippen molar-refractivity contribution in [1.82, 2.24) is 10.2 Å². The van der Waals surface area contributed by atoms with Crippen molar-refractivity contribution in [1.29, 1.82) is 0 Å². The number of hydrogen-bond donors (Lipinski definition) is 1. The molecule has 1 fully saturated rings. The van der Waals surface area contributed by atoms with Crippen LogP contribution < -0.4 is 9.62 Å². The lowest BCUT2D eigenvalue weighted by Crippen LogP contribution is -2.54. The van der Waals surface area contributed by atoms with Gasteiger partial charge in [0, 0.05) is 22.6 Å². The molecule has 1 aliphatic carbocycles. The van der Waals surface area contributed by atoms with Gasteiger partial charge in [0.05, 0.1) is 15.6 Å². The van der Waals surface area contributed by atoms with Crippen LogP contribution in [0.15, 0.2) is 77.7 Å². The summed E-state index contributed by atoms with van der Waals surface area (Å²) in [4.78, 5) is 29.3. The van der Waals surface area contributed by atoms with Gasteiger partial charge >= 0.3 is 0 Å². The van der Waals surface area contributed by atoms with Crippen molar-refractivity contribution >= 4 is 62.3 Å². The van der Waals surface area contributed by atoms with E-state index in [1.807, 2.05) is 6.92 Å². The third-order valence-corrected chi connectivity index (χ3v) is 10.1. The van der Waals surface area contributed by atoms with Crippen LogP contribution >= 0.6 is 34.8 Å². The maximum Gasteiger partial charge on any atom is 0.264 e. The van der Waals surface area contributed by atoms with E-state index in [9.17, 15) is 18.0 Å². The topological polar surface area (TPSA) is 86.8 Å². The lowest BCUT2D eigenvalue weighted by Gasteiger charge is -2.34. The number of hydrogen-bond acceptors (Lipinski definition) is 4. The molecule has 1 atom stereocenters. The number of anilines is 1. The van der Waals surface area contributed by atoms with Gasteiger partial charge in [-0.2, -0.15) is 0 Å². The third kappa shape index (κ3) is 7.78. The molecule has 3 aromatic carbocycles. The number of nitrogens with zero attached hydrogens (tertiary/aromatic N) is 2. The maximum atomic E-state index is 14.2. The van der Waals surface area contributed by atoms with Crippen LogP contribution in [0.4, 0.5) is 5.69 Å². The predicted molar refractivity (Wildman–Crippen MR) is 169 cm³/mol. The highest BCUT2D eigenvalue weighted by atomic mass is 35.5. The molecule has 4 rings (SSSR count). The van der Waals surface area contributed by atoms with Crippen molar-refractivity contribution in [2.45, 2.75) is 69.0 Å². The minimum absolute atomic E-state index is 0.00657. The Kier molecular flexibility index (Phi) is 11.2. The zero-order valence-corrected chi connectivity index (χ0v) is 26.4. The number of carbonyl (C=O) groups excluding carboxylic acids is 2. The molecule has 0 aromatic heterocycles. The number of halogens is 3. The average Bonchev–Trinajstić information content (AvgIpc) is 2.98. The number of para-hydroxylation sites is 1. The molecule has 0 bridgehead atoms. The predicted octanol–water partition coefficient (Wildman–Crippen LogP) is 7.10. The Balaban J connectivity index is 1.72. The first-order valence-electron chi connectivity index (χ1n) is 14.0. The van der Waals surface area contributed by atoms with Gasteiger partial charge in [0.1, 0.15) is 12.6 Å². The largest absolute Gasteiger partial charge is 0.352 e. The minimum Gasteiger partial charge on any atom is -0.352 e. The van der Waals surface area contributed by atoms with Gasteiger partial charge in [-0.3, -0.25) is 13.9 Å². The summed E-state index contributed by atoms with van der Waals surface area (Å²) in [7, 11) is -4.21. The van der Waals surface area contributed by atoms with Crippen molar-refractivity contribution in [2.75, 3.05) is 10.8 Å². The molecular formula is C31H34Cl3N3O4S. The molecule has 1 saturated carbocycles. The molecule has 0 saturated heterocycles. The molecule has 0 aliphatic heterocycles. The fourth-order valence-electron chi connectivity index (χ4n) is 5.18. The Morgan fingerprint density at radius 1 is 0.905 bits per heavy atom. The molecule has 0 spiro atoms. The number of amides is 2. The Morgan fingerprint density at radius 2 is 1.57 bits per heavy atom. The zero-order valence-electron chi connectivity index (χ0n) is 23.3. The molecule has 1 aliphatic rings. The summed E-state index contributed by atoms with van der Waals surface area (Å²) in [6, 6.07) is 18.4. The molecule has 0 radical (unpaired) electrons. The van der Waals surface area contributed by atoms with Crippen molar-refractivity contribution < 1.29 is 18.0 Å². The maximum absolute atomic E-state index is 14.2. The molecule has 42 heavy (non-hydrogen) atoms. The monoisotopic (exact) mass is 649 g/mol. The van der Waals surface area contributed by atoms with Gasteiger partial charge in [-0.05, 0) is 61.2 Å². The summed E-state index contributed by atoms with van der Waals surface area (Å²) in [5.74, 6) is -0.857. The molecule has 0 unspecified atom stereocenters. The minimum atomic E-state index is -4.21. The van der Waals surface area contributed by atoms with E-state index >= 15 is 0 Å². The summed E-state index contributed by atoms with van der Waals surface area (Å²) in [5.41, 5.74) is 0.731. The molecular weight excluding hydrogens is 617 g/mol. The smallest absolute Gasteiger partial charge is 0.264 e. The van der Waals surface area contributed by atoms with Crippen molar-refractivity contribution in [3.8, 4) is 0 Å². The molecule has 224 valence electrons. The Labute approximate surface area is 262 Å². The van der Waals surface area contributed by atoms with Crippen LogP contribution in [-0.4, -0.2) is 43.8 Å². The molecule has 2 amide bonds. The third-order valence-electron chi connectivity index (χ3n) is 7.42. The van der Waals surface area contributed by atoms with Gasteiger partial charge in [-0.1, -0.05) is 97.4 Å². The highest BCUT2D eigenvalue weighted by Crippen LogP contribution is 2.31. The first kappa shape index (κ1) is 32.1. The second-order valence-corrected chi connectivity index (χ2v) is 13.4. The summed E-state index contributed by atoms with van der Waals surface area (Å²) in [6.45, 7) is 1.22. The molecule has 11 heteroatoms. The Hall–Kier alpha value is -2.78. The Bertz CT molecular complexity index is 1500. The van der Waals surface area contributed by atoms with E-state index in [-0.39, 0.29) is 34.1 Å². The van der Waals surface area contributed by atoms with Gasteiger partial charge in [0.2, 0.25) is 11.8 Å². The summed E-state index contributed by atoms with van der Waals surface area (Å²) >= 11 is 19.1. The lowest BCUT2D eigenvalue weighted by atomic mass is 9.95. The summed E-state index contributed by atoms with van der Waals surface area (Å²) in [6.07, 6.45) is 5.29. The summed E-state index contributed by atoms with van der Waals surface area (Å²) in [5, 5.41) is 4.06. The van der Waals surface area contributed by atoms with Crippen LogP contribution in [0.2, 0.25) is 15.1 Å². The van der Waals surface area contributed by atoms with E-state index in [0.717, 1.165) is 36.4 Å². The fraction of sp³-hybridized carbons (Fsp3) is 0.355. The Morgan fingerprint density at radius 3 is 2.21 bits per heavy atom. The van der Waals surface area contributed by atoms with Crippen molar-refractivity contribution in [3.63, 3.8) is 0 Å². The average molecular weight is 651 g/mol. The number of carbonyl (C=O) groups is 2. The van der Waals surface area contributed by atoms with E-state index in [2.05, 4.69) is 5.32 Å². The standard InChI is InChI=1S/C31H34Cl3N3O4S/c1-2-28(31(39)35-24-11-5-3-6-12-24)36(20-22-17-18-23(32)19-27(22)34)30(38)21-37(29-16-10-9-15-26(29)33)42(40,41)25-13-7-4-8-14-25/h4,7-10,13-19,24,28H,2-3,5-6,11-12,20-21H2,1H3,(H,35,39)/t28-/m1/s1. The van der Waals surface area contributed by atoms with Crippen LogP contribution in [0.5, 0.6) is 0 Å². The van der Waals surface area contributed by atoms with E-state index in [1.54, 1.807) is 60.7 Å².